The molecule has 1 aliphatic heterocycles. The summed E-state index contributed by atoms with van der Waals surface area (Å²) in [5.74, 6) is 1.11. The summed E-state index contributed by atoms with van der Waals surface area (Å²) in [6, 6.07) is 3.49. The zero-order chi connectivity index (χ0) is 13.8. The van der Waals surface area contributed by atoms with E-state index < -0.39 is 6.10 Å². The number of benzene rings is 1. The highest BCUT2D eigenvalue weighted by atomic mass is 35.5. The van der Waals surface area contributed by atoms with Crippen LogP contribution in [0, 0.1) is 5.92 Å². The molecule has 1 N–H and O–H groups in total. The van der Waals surface area contributed by atoms with E-state index in [1.54, 1.807) is 19.2 Å². The lowest BCUT2D eigenvalue weighted by Gasteiger charge is -2.27. The molecule has 2 rings (SSSR count). The first-order valence-electron chi connectivity index (χ1n) is 6.34. The molecule has 5 heteroatoms. The molecule has 2 atom stereocenters. The summed E-state index contributed by atoms with van der Waals surface area (Å²) < 4.78 is 15.8. The fourth-order valence-electron chi connectivity index (χ4n) is 2.40. The molecule has 0 spiro atoms. The van der Waals surface area contributed by atoms with Crippen LogP contribution in [0.5, 0.6) is 11.5 Å². The van der Waals surface area contributed by atoms with Crippen molar-refractivity contribution < 1.29 is 19.3 Å². The Hall–Kier alpha value is -0.970. The Labute approximate surface area is 118 Å². The minimum Gasteiger partial charge on any atom is -0.493 e. The average Bonchev–Trinajstić information content (AvgIpc) is 2.46. The van der Waals surface area contributed by atoms with Gasteiger partial charge in [-0.2, -0.15) is 0 Å². The molecule has 1 saturated heterocycles. The van der Waals surface area contributed by atoms with Gasteiger partial charge in [-0.25, -0.2) is 0 Å². The molecular weight excluding hydrogens is 268 g/mol. The van der Waals surface area contributed by atoms with Gasteiger partial charge in [-0.1, -0.05) is 11.6 Å². The molecule has 0 bridgehead atoms. The molecular formula is C14H19ClO4. The minimum absolute atomic E-state index is 0.0999. The van der Waals surface area contributed by atoms with Crippen LogP contribution in [0.3, 0.4) is 0 Å². The molecule has 1 aliphatic rings. The third kappa shape index (κ3) is 3.14. The van der Waals surface area contributed by atoms with Crippen molar-refractivity contribution in [2.75, 3.05) is 27.4 Å². The van der Waals surface area contributed by atoms with Crippen LogP contribution in [0.25, 0.3) is 0 Å². The number of aliphatic hydroxyl groups excluding tert-OH is 1. The summed E-state index contributed by atoms with van der Waals surface area (Å²) in [7, 11) is 3.09. The van der Waals surface area contributed by atoms with Gasteiger partial charge in [0.15, 0.2) is 11.5 Å². The largest absolute Gasteiger partial charge is 0.493 e. The smallest absolute Gasteiger partial charge is 0.179 e. The summed E-state index contributed by atoms with van der Waals surface area (Å²) in [6.07, 6.45) is 1.33. The second kappa shape index (κ2) is 6.46. The van der Waals surface area contributed by atoms with E-state index in [2.05, 4.69) is 0 Å². The van der Waals surface area contributed by atoms with Crippen LogP contribution >= 0.6 is 11.6 Å². The van der Waals surface area contributed by atoms with Crippen molar-refractivity contribution >= 4 is 11.6 Å². The number of ether oxygens (including phenoxy) is 3. The summed E-state index contributed by atoms with van der Waals surface area (Å²) in [6.45, 7) is 1.35. The third-order valence-corrected chi connectivity index (χ3v) is 3.72. The standard InChI is InChI=1S/C14H19ClO4/c1-17-12-7-10(6-11(15)14(12)18-2)13(16)9-4-3-5-19-8-9/h6-7,9,13,16H,3-5,8H2,1-2H3. The van der Waals surface area contributed by atoms with Crippen LogP contribution < -0.4 is 9.47 Å². The average molecular weight is 287 g/mol. The summed E-state index contributed by atoms with van der Waals surface area (Å²) >= 11 is 6.15. The third-order valence-electron chi connectivity index (χ3n) is 3.44. The van der Waals surface area contributed by atoms with E-state index >= 15 is 0 Å². The number of halogens is 1. The van der Waals surface area contributed by atoms with Crippen molar-refractivity contribution in [2.45, 2.75) is 18.9 Å². The quantitative estimate of drug-likeness (QED) is 0.925. The van der Waals surface area contributed by atoms with Crippen LogP contribution in [0.2, 0.25) is 5.02 Å². The van der Waals surface area contributed by atoms with E-state index in [4.69, 9.17) is 25.8 Å². The highest BCUT2D eigenvalue weighted by molar-refractivity contribution is 6.32. The highest BCUT2D eigenvalue weighted by Gasteiger charge is 2.25. The first-order chi connectivity index (χ1) is 9.17. The SMILES string of the molecule is COc1cc(C(O)C2CCCOC2)cc(Cl)c1OC. The molecule has 1 heterocycles. The van der Waals surface area contributed by atoms with Crippen LogP contribution in [0.15, 0.2) is 12.1 Å². The van der Waals surface area contributed by atoms with Crippen LogP contribution in [-0.2, 0) is 4.74 Å². The lowest BCUT2D eigenvalue weighted by Crippen LogP contribution is -2.23. The molecule has 1 aromatic carbocycles. The number of hydrogen-bond donors (Lipinski definition) is 1. The van der Waals surface area contributed by atoms with Crippen molar-refractivity contribution in [1.29, 1.82) is 0 Å². The predicted molar refractivity (Wildman–Crippen MR) is 73.1 cm³/mol. The zero-order valence-corrected chi connectivity index (χ0v) is 11.9. The highest BCUT2D eigenvalue weighted by Crippen LogP contribution is 2.39. The van der Waals surface area contributed by atoms with Crippen molar-refractivity contribution in [3.8, 4) is 11.5 Å². The van der Waals surface area contributed by atoms with Crippen LogP contribution in [0.4, 0.5) is 0 Å². The van der Waals surface area contributed by atoms with Gasteiger partial charge in [0.05, 0.1) is 32.0 Å². The normalized spacial score (nSPS) is 20.9. The van der Waals surface area contributed by atoms with Crippen molar-refractivity contribution in [3.63, 3.8) is 0 Å². The lowest BCUT2D eigenvalue weighted by atomic mass is 9.91. The van der Waals surface area contributed by atoms with Gasteiger partial charge in [-0.3, -0.25) is 0 Å². The molecule has 4 nitrogen and oxygen atoms in total. The molecule has 0 aromatic heterocycles. The fourth-order valence-corrected chi connectivity index (χ4v) is 2.69. The molecule has 1 fully saturated rings. The van der Waals surface area contributed by atoms with E-state index in [1.807, 2.05) is 0 Å². The van der Waals surface area contributed by atoms with E-state index in [-0.39, 0.29) is 5.92 Å². The second-order valence-electron chi connectivity index (χ2n) is 4.66. The minimum atomic E-state index is -0.599. The molecule has 0 radical (unpaired) electrons. The Bertz CT molecular complexity index is 430. The Kier molecular flexibility index (Phi) is 4.91. The molecule has 106 valence electrons. The van der Waals surface area contributed by atoms with E-state index in [9.17, 15) is 5.11 Å². The molecule has 0 saturated carbocycles. The molecule has 0 amide bonds. The Morgan fingerprint density at radius 1 is 1.37 bits per heavy atom. The van der Waals surface area contributed by atoms with Crippen molar-refractivity contribution in [1.82, 2.24) is 0 Å². The maximum absolute atomic E-state index is 10.4. The van der Waals surface area contributed by atoms with Gasteiger partial charge in [0, 0.05) is 12.5 Å². The number of rotatable bonds is 4. The van der Waals surface area contributed by atoms with E-state index in [0.717, 1.165) is 25.0 Å². The molecule has 0 aliphatic carbocycles. The van der Waals surface area contributed by atoms with E-state index in [1.165, 1.54) is 7.11 Å². The van der Waals surface area contributed by atoms with Gasteiger partial charge >= 0.3 is 0 Å². The van der Waals surface area contributed by atoms with E-state index in [0.29, 0.717) is 23.1 Å². The van der Waals surface area contributed by atoms with Gasteiger partial charge in [0.1, 0.15) is 0 Å². The maximum Gasteiger partial charge on any atom is 0.179 e. The summed E-state index contributed by atoms with van der Waals surface area (Å²) in [5, 5.41) is 10.9. The van der Waals surface area contributed by atoms with Crippen LogP contribution in [-0.4, -0.2) is 32.5 Å². The van der Waals surface area contributed by atoms with Gasteiger partial charge in [0.25, 0.3) is 0 Å². The van der Waals surface area contributed by atoms with Gasteiger partial charge in [0.2, 0.25) is 0 Å². The number of methoxy groups -OCH3 is 2. The first-order valence-corrected chi connectivity index (χ1v) is 6.72. The Morgan fingerprint density at radius 2 is 2.16 bits per heavy atom. The van der Waals surface area contributed by atoms with Crippen molar-refractivity contribution in [3.05, 3.63) is 22.7 Å². The fraction of sp³-hybridized carbons (Fsp3) is 0.571. The topological polar surface area (TPSA) is 47.9 Å². The Morgan fingerprint density at radius 3 is 2.74 bits per heavy atom. The Balaban J connectivity index is 2.26. The first kappa shape index (κ1) is 14.4. The zero-order valence-electron chi connectivity index (χ0n) is 11.2. The number of aliphatic hydroxyl groups is 1. The monoisotopic (exact) mass is 286 g/mol. The summed E-state index contributed by atoms with van der Waals surface area (Å²) in [4.78, 5) is 0. The van der Waals surface area contributed by atoms with Gasteiger partial charge in [-0.05, 0) is 30.5 Å². The molecule has 1 aromatic rings. The maximum atomic E-state index is 10.4. The summed E-state index contributed by atoms with van der Waals surface area (Å²) in [5.41, 5.74) is 0.734. The number of hydrogen-bond acceptors (Lipinski definition) is 4. The van der Waals surface area contributed by atoms with Gasteiger partial charge in [-0.15, -0.1) is 0 Å². The molecule has 19 heavy (non-hydrogen) atoms. The van der Waals surface area contributed by atoms with Crippen LogP contribution in [0.1, 0.15) is 24.5 Å². The molecule has 2 unspecified atom stereocenters. The predicted octanol–water partition coefficient (Wildman–Crippen LogP) is 2.82. The second-order valence-corrected chi connectivity index (χ2v) is 5.07. The lowest BCUT2D eigenvalue weighted by molar-refractivity contribution is -0.0100. The van der Waals surface area contributed by atoms with Crippen molar-refractivity contribution in [2.24, 2.45) is 5.92 Å². The van der Waals surface area contributed by atoms with Gasteiger partial charge < -0.3 is 19.3 Å².